The molecule has 0 saturated carbocycles. The summed E-state index contributed by atoms with van der Waals surface area (Å²) in [6.07, 6.45) is 5.53. The number of carbonyl (C=O) groups excluding carboxylic acids is 1. The summed E-state index contributed by atoms with van der Waals surface area (Å²) in [4.78, 5) is 15.9. The van der Waals surface area contributed by atoms with Crippen LogP contribution in [0.4, 0.5) is 5.82 Å². The van der Waals surface area contributed by atoms with E-state index in [-0.39, 0.29) is 0 Å². The zero-order chi connectivity index (χ0) is 17.2. The Bertz CT molecular complexity index is 525. The van der Waals surface area contributed by atoms with Crippen molar-refractivity contribution in [3.8, 4) is 0 Å². The topological polar surface area (TPSA) is 92.7 Å². The van der Waals surface area contributed by atoms with Gasteiger partial charge < -0.3 is 20.0 Å². The second-order valence-electron chi connectivity index (χ2n) is 5.90. The van der Waals surface area contributed by atoms with Gasteiger partial charge in [0.1, 0.15) is 11.9 Å². The summed E-state index contributed by atoms with van der Waals surface area (Å²) in [5.74, 6) is 0.550. The molecule has 0 saturated heterocycles. The largest absolute Gasteiger partial charge is 0.468 e. The Morgan fingerprint density at radius 3 is 3.08 bits per heavy atom. The first-order chi connectivity index (χ1) is 11.7. The summed E-state index contributed by atoms with van der Waals surface area (Å²) in [7, 11) is 1.29. The van der Waals surface area contributed by atoms with E-state index in [0.717, 1.165) is 43.7 Å². The van der Waals surface area contributed by atoms with Crippen molar-refractivity contribution in [2.24, 2.45) is 0 Å². The van der Waals surface area contributed by atoms with Gasteiger partial charge in [-0.1, -0.05) is 6.07 Å². The molecule has 1 atom stereocenters. The molecule has 7 heteroatoms. The molecule has 134 valence electrons. The number of nitrogens with one attached hydrogen (secondary N) is 2. The highest BCUT2D eigenvalue weighted by Gasteiger charge is 2.17. The van der Waals surface area contributed by atoms with Crippen LogP contribution >= 0.6 is 0 Å². The quantitative estimate of drug-likeness (QED) is 0.340. The van der Waals surface area contributed by atoms with E-state index in [1.54, 1.807) is 0 Å². The van der Waals surface area contributed by atoms with Crippen molar-refractivity contribution in [2.75, 3.05) is 32.2 Å². The highest BCUT2D eigenvalue weighted by molar-refractivity contribution is 5.75. The molecule has 0 aromatic carbocycles. The average Bonchev–Trinajstić information content (AvgIpc) is 2.63. The van der Waals surface area contributed by atoms with Crippen molar-refractivity contribution in [1.82, 2.24) is 10.5 Å². The molecular weight excluding hydrogens is 310 g/mol. The molecule has 2 heterocycles. The Morgan fingerprint density at radius 2 is 2.29 bits per heavy atom. The van der Waals surface area contributed by atoms with Crippen LogP contribution in [0.1, 0.15) is 36.9 Å². The Balaban J connectivity index is 1.57. The van der Waals surface area contributed by atoms with Crippen LogP contribution < -0.4 is 10.8 Å². The number of methoxy groups -OCH3 is 1. The van der Waals surface area contributed by atoms with E-state index in [1.807, 2.05) is 5.48 Å². The second kappa shape index (κ2) is 10.2. The number of hydroxylamine groups is 1. The maximum Gasteiger partial charge on any atom is 0.325 e. The molecule has 0 aliphatic carbocycles. The predicted molar refractivity (Wildman–Crippen MR) is 90.1 cm³/mol. The summed E-state index contributed by atoms with van der Waals surface area (Å²) in [6.45, 7) is 2.03. The maximum absolute atomic E-state index is 11.3. The molecule has 0 radical (unpaired) electrons. The van der Waals surface area contributed by atoms with E-state index in [4.69, 9.17) is 9.94 Å². The number of nitrogens with zero attached hydrogens (tertiary/aromatic N) is 1. The maximum atomic E-state index is 11.3. The molecule has 1 unspecified atom stereocenters. The molecule has 0 bridgehead atoms. The van der Waals surface area contributed by atoms with E-state index in [0.29, 0.717) is 19.6 Å². The van der Waals surface area contributed by atoms with Crippen molar-refractivity contribution in [3.63, 3.8) is 0 Å². The number of rotatable bonds is 10. The van der Waals surface area contributed by atoms with Gasteiger partial charge >= 0.3 is 5.97 Å². The lowest BCUT2D eigenvalue weighted by molar-refractivity contribution is -0.146. The van der Waals surface area contributed by atoms with Gasteiger partial charge in [0, 0.05) is 25.5 Å². The standard InChI is InChI=1S/C17H27N3O4/c1-23-17(21)15(20-22)9-12-24-11-3-2-6-14-8-7-13-5-4-10-18-16(13)19-14/h7-8,15,20,22H,2-6,9-12H2,1H3,(H,18,19). The first-order valence-electron chi connectivity index (χ1n) is 8.52. The summed E-state index contributed by atoms with van der Waals surface area (Å²) in [5.41, 5.74) is 4.35. The van der Waals surface area contributed by atoms with Crippen molar-refractivity contribution in [2.45, 2.75) is 44.6 Å². The Labute approximate surface area is 142 Å². The Morgan fingerprint density at radius 1 is 1.42 bits per heavy atom. The molecule has 3 N–H and O–H groups in total. The van der Waals surface area contributed by atoms with Gasteiger partial charge in [0.2, 0.25) is 0 Å². The van der Waals surface area contributed by atoms with Gasteiger partial charge in [-0.05, 0) is 50.2 Å². The smallest absolute Gasteiger partial charge is 0.325 e. The van der Waals surface area contributed by atoms with E-state index in [9.17, 15) is 4.79 Å². The Kier molecular flexibility index (Phi) is 7.94. The fourth-order valence-electron chi connectivity index (χ4n) is 2.70. The van der Waals surface area contributed by atoms with E-state index in [1.165, 1.54) is 19.1 Å². The molecule has 1 aromatic rings. The number of unbranched alkanes of at least 4 members (excludes halogenated alkanes) is 1. The first kappa shape index (κ1) is 18.6. The number of esters is 1. The van der Waals surface area contributed by atoms with Crippen LogP contribution in [0.15, 0.2) is 12.1 Å². The van der Waals surface area contributed by atoms with Gasteiger partial charge in [-0.15, -0.1) is 0 Å². The number of anilines is 1. The fourth-order valence-corrected chi connectivity index (χ4v) is 2.70. The van der Waals surface area contributed by atoms with Gasteiger partial charge in [-0.2, -0.15) is 5.48 Å². The van der Waals surface area contributed by atoms with Crippen molar-refractivity contribution >= 4 is 11.8 Å². The summed E-state index contributed by atoms with van der Waals surface area (Å²) < 4.78 is 10.1. The minimum Gasteiger partial charge on any atom is -0.468 e. The third-order valence-corrected chi connectivity index (χ3v) is 4.12. The monoisotopic (exact) mass is 337 g/mol. The highest BCUT2D eigenvalue weighted by Crippen LogP contribution is 2.20. The number of aryl methyl sites for hydroxylation is 2. The normalized spacial score (nSPS) is 14.6. The van der Waals surface area contributed by atoms with Crippen LogP contribution in [-0.2, 0) is 27.1 Å². The van der Waals surface area contributed by atoms with Crippen LogP contribution in [0.5, 0.6) is 0 Å². The van der Waals surface area contributed by atoms with Gasteiger partial charge in [-0.25, -0.2) is 4.98 Å². The van der Waals surface area contributed by atoms with E-state index >= 15 is 0 Å². The summed E-state index contributed by atoms with van der Waals surface area (Å²) >= 11 is 0. The third-order valence-electron chi connectivity index (χ3n) is 4.12. The van der Waals surface area contributed by atoms with Crippen molar-refractivity contribution in [1.29, 1.82) is 0 Å². The summed E-state index contributed by atoms with van der Waals surface area (Å²) in [5, 5.41) is 12.2. The number of hydrogen-bond acceptors (Lipinski definition) is 7. The number of aromatic nitrogens is 1. The molecule has 2 rings (SSSR count). The van der Waals surface area contributed by atoms with Crippen LogP contribution in [0.2, 0.25) is 0 Å². The van der Waals surface area contributed by atoms with Gasteiger partial charge in [0.05, 0.1) is 7.11 Å². The fraction of sp³-hybridized carbons (Fsp3) is 0.647. The highest BCUT2D eigenvalue weighted by atomic mass is 16.5. The van der Waals surface area contributed by atoms with Gasteiger partial charge in [0.15, 0.2) is 0 Å². The third kappa shape index (κ3) is 5.74. The SMILES string of the molecule is COC(=O)C(CCOCCCCc1ccc2c(n1)NCCC2)NO. The van der Waals surface area contributed by atoms with Crippen molar-refractivity contribution in [3.05, 3.63) is 23.4 Å². The zero-order valence-corrected chi connectivity index (χ0v) is 14.2. The molecule has 1 aliphatic rings. The minimum atomic E-state index is -0.734. The molecule has 7 nitrogen and oxygen atoms in total. The van der Waals surface area contributed by atoms with Gasteiger partial charge in [0.25, 0.3) is 0 Å². The number of hydrogen-bond donors (Lipinski definition) is 3. The Hall–Kier alpha value is -1.70. The lowest BCUT2D eigenvalue weighted by Crippen LogP contribution is -2.36. The summed E-state index contributed by atoms with van der Waals surface area (Å²) in [6, 6.07) is 3.55. The van der Waals surface area contributed by atoms with E-state index in [2.05, 4.69) is 27.2 Å². The average molecular weight is 337 g/mol. The van der Waals surface area contributed by atoms with Gasteiger partial charge in [-0.3, -0.25) is 4.79 Å². The number of fused-ring (bicyclic) bond motifs is 1. The number of ether oxygens (including phenoxy) is 2. The molecule has 0 amide bonds. The number of carbonyl (C=O) groups is 1. The van der Waals surface area contributed by atoms with Crippen LogP contribution in [0.25, 0.3) is 0 Å². The predicted octanol–water partition coefficient (Wildman–Crippen LogP) is 1.69. The van der Waals surface area contributed by atoms with Crippen LogP contribution in [-0.4, -0.2) is 49.1 Å². The second-order valence-corrected chi connectivity index (χ2v) is 5.90. The zero-order valence-electron chi connectivity index (χ0n) is 14.2. The van der Waals surface area contributed by atoms with Crippen molar-refractivity contribution < 1.29 is 19.5 Å². The molecule has 0 fully saturated rings. The first-order valence-corrected chi connectivity index (χ1v) is 8.52. The molecule has 24 heavy (non-hydrogen) atoms. The van der Waals surface area contributed by atoms with E-state index < -0.39 is 12.0 Å². The number of pyridine rings is 1. The lowest BCUT2D eigenvalue weighted by Gasteiger charge is -2.17. The molecule has 1 aliphatic heterocycles. The molecular formula is C17H27N3O4. The lowest BCUT2D eigenvalue weighted by atomic mass is 10.1. The molecule has 1 aromatic heterocycles. The van der Waals surface area contributed by atoms with Crippen LogP contribution in [0.3, 0.4) is 0 Å². The van der Waals surface area contributed by atoms with Crippen LogP contribution in [0, 0.1) is 0 Å². The minimum absolute atomic E-state index is 0.376. The molecule has 0 spiro atoms.